The largest absolute Gasteiger partial charge is 0.337 e. The number of benzene rings is 1. The standard InChI is InChI=1S/C14H15FN4O2/c1-9-16-13(21-18-9)12-3-2-8-19(12)14(20)17-11-6-4-10(15)5-7-11/h4-7,12H,2-3,8H2,1H3,(H,17,20). The SMILES string of the molecule is Cc1noc(C2CCCN2C(=O)Nc2ccc(F)cc2)n1. The molecule has 0 bridgehead atoms. The molecule has 2 amide bonds. The highest BCUT2D eigenvalue weighted by molar-refractivity contribution is 5.89. The molecule has 21 heavy (non-hydrogen) atoms. The van der Waals surface area contributed by atoms with Crippen LogP contribution in [0.4, 0.5) is 14.9 Å². The number of nitrogens with one attached hydrogen (secondary N) is 1. The van der Waals surface area contributed by atoms with Crippen molar-refractivity contribution in [1.82, 2.24) is 15.0 Å². The zero-order valence-corrected chi connectivity index (χ0v) is 11.5. The zero-order chi connectivity index (χ0) is 14.8. The smallest absolute Gasteiger partial charge is 0.322 e. The first-order valence-corrected chi connectivity index (χ1v) is 6.77. The second-order valence-corrected chi connectivity index (χ2v) is 4.97. The van der Waals surface area contributed by atoms with Gasteiger partial charge < -0.3 is 14.7 Å². The minimum absolute atomic E-state index is 0.202. The first kappa shape index (κ1) is 13.5. The molecule has 1 aliphatic rings. The van der Waals surface area contributed by atoms with Crippen LogP contribution in [0.15, 0.2) is 28.8 Å². The van der Waals surface area contributed by atoms with Crippen molar-refractivity contribution in [1.29, 1.82) is 0 Å². The van der Waals surface area contributed by atoms with Crippen LogP contribution in [-0.4, -0.2) is 27.6 Å². The number of hydrogen-bond donors (Lipinski definition) is 1. The highest BCUT2D eigenvalue weighted by atomic mass is 19.1. The van der Waals surface area contributed by atoms with Crippen molar-refractivity contribution in [3.8, 4) is 0 Å². The molecule has 2 heterocycles. The number of urea groups is 1. The molecule has 1 fully saturated rings. The van der Waals surface area contributed by atoms with Crippen LogP contribution in [-0.2, 0) is 0 Å². The van der Waals surface area contributed by atoms with Gasteiger partial charge in [-0.25, -0.2) is 9.18 Å². The minimum Gasteiger partial charge on any atom is -0.337 e. The van der Waals surface area contributed by atoms with Crippen molar-refractivity contribution in [3.05, 3.63) is 41.8 Å². The molecule has 0 radical (unpaired) electrons. The predicted octanol–water partition coefficient (Wildman–Crippen LogP) is 2.89. The molecular weight excluding hydrogens is 275 g/mol. The lowest BCUT2D eigenvalue weighted by atomic mass is 10.2. The number of anilines is 1. The maximum Gasteiger partial charge on any atom is 0.322 e. The molecule has 2 aromatic rings. The summed E-state index contributed by atoms with van der Waals surface area (Å²) < 4.78 is 18.0. The van der Waals surface area contributed by atoms with Crippen molar-refractivity contribution < 1.29 is 13.7 Å². The van der Waals surface area contributed by atoms with Gasteiger partial charge in [-0.1, -0.05) is 5.16 Å². The van der Waals surface area contributed by atoms with Gasteiger partial charge in [0.2, 0.25) is 5.89 Å². The number of aromatic nitrogens is 2. The van der Waals surface area contributed by atoms with Crippen LogP contribution in [0.1, 0.15) is 30.6 Å². The first-order valence-electron chi connectivity index (χ1n) is 6.77. The van der Waals surface area contributed by atoms with E-state index in [9.17, 15) is 9.18 Å². The number of likely N-dealkylation sites (tertiary alicyclic amines) is 1. The van der Waals surface area contributed by atoms with E-state index < -0.39 is 0 Å². The second kappa shape index (κ2) is 5.51. The molecule has 6 nitrogen and oxygen atoms in total. The molecule has 1 saturated heterocycles. The molecule has 1 aromatic heterocycles. The van der Waals surface area contributed by atoms with Crippen molar-refractivity contribution in [2.75, 3.05) is 11.9 Å². The highest BCUT2D eigenvalue weighted by Crippen LogP contribution is 2.31. The molecule has 7 heteroatoms. The van der Waals surface area contributed by atoms with Gasteiger partial charge in [-0.3, -0.25) is 0 Å². The van der Waals surface area contributed by atoms with E-state index in [4.69, 9.17) is 4.52 Å². The number of rotatable bonds is 2. The number of nitrogens with zero attached hydrogens (tertiary/aromatic N) is 3. The van der Waals surface area contributed by atoms with E-state index in [0.717, 1.165) is 12.8 Å². The van der Waals surface area contributed by atoms with Crippen molar-refractivity contribution in [3.63, 3.8) is 0 Å². The fourth-order valence-corrected chi connectivity index (χ4v) is 2.44. The van der Waals surface area contributed by atoms with Crippen LogP contribution in [0.5, 0.6) is 0 Å². The fraction of sp³-hybridized carbons (Fsp3) is 0.357. The minimum atomic E-state index is -0.339. The summed E-state index contributed by atoms with van der Waals surface area (Å²) in [5.41, 5.74) is 0.550. The molecule has 1 aliphatic heterocycles. The Morgan fingerprint density at radius 3 is 2.86 bits per heavy atom. The lowest BCUT2D eigenvalue weighted by Crippen LogP contribution is -2.34. The summed E-state index contributed by atoms with van der Waals surface area (Å²) in [6.45, 7) is 2.37. The zero-order valence-electron chi connectivity index (χ0n) is 11.5. The van der Waals surface area contributed by atoms with Crippen LogP contribution >= 0.6 is 0 Å². The summed E-state index contributed by atoms with van der Waals surface area (Å²) in [7, 11) is 0. The Kier molecular flexibility index (Phi) is 3.55. The molecule has 110 valence electrons. The Hall–Kier alpha value is -2.44. The lowest BCUT2D eigenvalue weighted by Gasteiger charge is -2.22. The molecular formula is C14H15FN4O2. The molecule has 1 unspecified atom stereocenters. The van der Waals surface area contributed by atoms with E-state index in [1.54, 1.807) is 11.8 Å². The second-order valence-electron chi connectivity index (χ2n) is 4.97. The van der Waals surface area contributed by atoms with Gasteiger partial charge in [0, 0.05) is 12.2 Å². The molecule has 0 spiro atoms. The van der Waals surface area contributed by atoms with Gasteiger partial charge in [-0.2, -0.15) is 4.98 Å². The Labute approximate surface area is 120 Å². The van der Waals surface area contributed by atoms with Gasteiger partial charge in [0.05, 0.1) is 0 Å². The molecule has 3 rings (SSSR count). The van der Waals surface area contributed by atoms with Crippen LogP contribution in [0.3, 0.4) is 0 Å². The van der Waals surface area contributed by atoms with E-state index in [-0.39, 0.29) is 17.9 Å². The van der Waals surface area contributed by atoms with Crippen molar-refractivity contribution in [2.45, 2.75) is 25.8 Å². The van der Waals surface area contributed by atoms with Gasteiger partial charge in [0.25, 0.3) is 0 Å². The van der Waals surface area contributed by atoms with Crippen LogP contribution in [0.25, 0.3) is 0 Å². The van der Waals surface area contributed by atoms with Crippen molar-refractivity contribution >= 4 is 11.7 Å². The monoisotopic (exact) mass is 290 g/mol. The third-order valence-corrected chi connectivity index (χ3v) is 3.44. The van der Waals surface area contributed by atoms with Gasteiger partial charge >= 0.3 is 6.03 Å². The molecule has 0 saturated carbocycles. The molecule has 1 N–H and O–H groups in total. The third-order valence-electron chi connectivity index (χ3n) is 3.44. The Morgan fingerprint density at radius 1 is 1.43 bits per heavy atom. The number of hydrogen-bond acceptors (Lipinski definition) is 4. The fourth-order valence-electron chi connectivity index (χ4n) is 2.44. The third kappa shape index (κ3) is 2.86. The van der Waals surface area contributed by atoms with E-state index >= 15 is 0 Å². The van der Waals surface area contributed by atoms with Crippen LogP contribution in [0.2, 0.25) is 0 Å². The normalized spacial score (nSPS) is 18.0. The Bertz CT molecular complexity index is 641. The molecule has 0 aliphatic carbocycles. The van der Waals surface area contributed by atoms with Crippen molar-refractivity contribution in [2.24, 2.45) is 0 Å². The average molecular weight is 290 g/mol. The number of aryl methyl sites for hydroxylation is 1. The molecule has 1 atom stereocenters. The topological polar surface area (TPSA) is 71.3 Å². The van der Waals surface area contributed by atoms with E-state index in [0.29, 0.717) is 23.9 Å². The van der Waals surface area contributed by atoms with Gasteiger partial charge in [0.15, 0.2) is 5.82 Å². The van der Waals surface area contributed by atoms with E-state index in [1.165, 1.54) is 24.3 Å². The quantitative estimate of drug-likeness (QED) is 0.923. The Morgan fingerprint density at radius 2 is 2.19 bits per heavy atom. The summed E-state index contributed by atoms with van der Waals surface area (Å²) in [4.78, 5) is 18.2. The number of carbonyl (C=O) groups excluding carboxylic acids is 1. The predicted molar refractivity (Wildman–Crippen MR) is 73.1 cm³/mol. The van der Waals surface area contributed by atoms with Gasteiger partial charge in [-0.15, -0.1) is 0 Å². The molecule has 1 aromatic carbocycles. The maximum atomic E-state index is 12.9. The number of halogens is 1. The van der Waals surface area contributed by atoms with Gasteiger partial charge in [0.1, 0.15) is 11.9 Å². The van der Waals surface area contributed by atoms with E-state index in [1.807, 2.05) is 0 Å². The average Bonchev–Trinajstić information content (AvgIpc) is 3.09. The highest BCUT2D eigenvalue weighted by Gasteiger charge is 2.33. The summed E-state index contributed by atoms with van der Waals surface area (Å²) in [5.74, 6) is 0.670. The summed E-state index contributed by atoms with van der Waals surface area (Å²) in [6.07, 6.45) is 1.67. The summed E-state index contributed by atoms with van der Waals surface area (Å²) in [5, 5.41) is 6.51. The Balaban J connectivity index is 1.72. The lowest BCUT2D eigenvalue weighted by molar-refractivity contribution is 0.193. The summed E-state index contributed by atoms with van der Waals surface area (Å²) >= 11 is 0. The number of carbonyl (C=O) groups is 1. The first-order chi connectivity index (χ1) is 10.1. The van der Waals surface area contributed by atoms with Gasteiger partial charge in [-0.05, 0) is 44.0 Å². The maximum absolute atomic E-state index is 12.9. The summed E-state index contributed by atoms with van der Waals surface area (Å²) in [6, 6.07) is 5.20. The number of amides is 2. The van der Waals surface area contributed by atoms with Crippen LogP contribution in [0, 0.1) is 12.7 Å². The van der Waals surface area contributed by atoms with Crippen LogP contribution < -0.4 is 5.32 Å². The van der Waals surface area contributed by atoms with E-state index in [2.05, 4.69) is 15.5 Å².